The van der Waals surface area contributed by atoms with Crippen LogP contribution in [0, 0.1) is 0 Å². The third-order valence-electron chi connectivity index (χ3n) is 4.18. The zero-order valence-electron chi connectivity index (χ0n) is 14.7. The zero-order valence-corrected chi connectivity index (χ0v) is 14.7. The number of carbonyl (C=O) groups is 1. The number of alkyl halides is 2. The summed E-state index contributed by atoms with van der Waals surface area (Å²) >= 11 is 0. The summed E-state index contributed by atoms with van der Waals surface area (Å²) in [6.45, 7) is 2.26. The van der Waals surface area contributed by atoms with Gasteiger partial charge in [0, 0.05) is 23.7 Å². The smallest absolute Gasteiger partial charge is 0.395 e. The Hall–Kier alpha value is -3.49. The molecule has 2 heterocycles. The summed E-state index contributed by atoms with van der Waals surface area (Å²) in [4.78, 5) is 25.3. The molecule has 0 spiro atoms. The third kappa shape index (κ3) is 3.15. The van der Waals surface area contributed by atoms with Crippen LogP contribution in [0.3, 0.4) is 0 Å². The van der Waals surface area contributed by atoms with Crippen LogP contribution in [0.5, 0.6) is 11.5 Å². The van der Waals surface area contributed by atoms with Crippen molar-refractivity contribution in [3.8, 4) is 11.5 Å². The first-order valence-corrected chi connectivity index (χ1v) is 8.59. The van der Waals surface area contributed by atoms with Gasteiger partial charge in [0.05, 0.1) is 5.39 Å². The Kier molecular flexibility index (Phi) is 4.21. The quantitative estimate of drug-likeness (QED) is 0.742. The molecule has 0 fully saturated rings. The first-order valence-electron chi connectivity index (χ1n) is 8.59. The number of carbonyl (C=O) groups excluding carboxylic acids is 1. The third-order valence-corrected chi connectivity index (χ3v) is 4.18. The van der Waals surface area contributed by atoms with Crippen molar-refractivity contribution in [2.24, 2.45) is 0 Å². The standard InChI is InChI=1S/C19H15F2N3O4/c1-2-9-24-18(26)13-6-4-3-5-12(13)16(23-24)17(25)22-11-7-8-14-15(10-11)28-19(20,21)27-14/h3-8,10H,2,9H2,1H3,(H,22,25). The molecule has 0 bridgehead atoms. The minimum atomic E-state index is -3.74. The van der Waals surface area contributed by atoms with Gasteiger partial charge in [-0.3, -0.25) is 9.59 Å². The molecular weight excluding hydrogens is 372 g/mol. The number of rotatable bonds is 4. The van der Waals surface area contributed by atoms with E-state index in [1.54, 1.807) is 24.3 Å². The molecule has 9 heteroatoms. The molecule has 0 saturated heterocycles. The van der Waals surface area contributed by atoms with Gasteiger partial charge in [-0.2, -0.15) is 5.10 Å². The second-order valence-corrected chi connectivity index (χ2v) is 6.21. The van der Waals surface area contributed by atoms with Crippen molar-refractivity contribution in [2.45, 2.75) is 26.2 Å². The number of anilines is 1. The highest BCUT2D eigenvalue weighted by molar-refractivity contribution is 6.11. The number of aromatic nitrogens is 2. The van der Waals surface area contributed by atoms with Crippen LogP contribution in [-0.2, 0) is 6.54 Å². The number of nitrogens with zero attached hydrogens (tertiary/aromatic N) is 2. The van der Waals surface area contributed by atoms with Crippen LogP contribution in [0.2, 0.25) is 0 Å². The Labute approximate surface area is 157 Å². The van der Waals surface area contributed by atoms with Crippen molar-refractivity contribution in [1.29, 1.82) is 0 Å². The lowest BCUT2D eigenvalue weighted by molar-refractivity contribution is -0.286. The summed E-state index contributed by atoms with van der Waals surface area (Å²) in [7, 11) is 0. The predicted molar refractivity (Wildman–Crippen MR) is 96.9 cm³/mol. The molecule has 144 valence electrons. The molecule has 1 aromatic heterocycles. The fourth-order valence-corrected chi connectivity index (χ4v) is 2.98. The van der Waals surface area contributed by atoms with Crippen LogP contribution in [0.15, 0.2) is 47.3 Å². The molecule has 2 aromatic carbocycles. The van der Waals surface area contributed by atoms with Crippen LogP contribution in [-0.4, -0.2) is 22.0 Å². The van der Waals surface area contributed by atoms with E-state index in [0.717, 1.165) is 0 Å². The number of amides is 1. The van der Waals surface area contributed by atoms with Crippen molar-refractivity contribution in [3.05, 3.63) is 58.5 Å². The Morgan fingerprint density at radius 3 is 2.61 bits per heavy atom. The van der Waals surface area contributed by atoms with Crippen molar-refractivity contribution >= 4 is 22.4 Å². The van der Waals surface area contributed by atoms with Crippen LogP contribution in [0.4, 0.5) is 14.5 Å². The highest BCUT2D eigenvalue weighted by Crippen LogP contribution is 2.42. The van der Waals surface area contributed by atoms with E-state index < -0.39 is 12.2 Å². The fraction of sp³-hybridized carbons (Fsp3) is 0.211. The van der Waals surface area contributed by atoms with E-state index in [4.69, 9.17) is 0 Å². The summed E-state index contributed by atoms with van der Waals surface area (Å²) < 4.78 is 36.3. The molecule has 1 aliphatic heterocycles. The molecule has 0 radical (unpaired) electrons. The van der Waals surface area contributed by atoms with Crippen LogP contribution in [0.25, 0.3) is 10.8 Å². The highest BCUT2D eigenvalue weighted by atomic mass is 19.3. The van der Waals surface area contributed by atoms with Crippen molar-refractivity contribution in [2.75, 3.05) is 5.32 Å². The predicted octanol–water partition coefficient (Wildman–Crippen LogP) is 3.38. The summed E-state index contributed by atoms with van der Waals surface area (Å²) in [5.74, 6) is -0.883. The minimum absolute atomic E-state index is 0.0617. The monoisotopic (exact) mass is 387 g/mol. The SMILES string of the molecule is CCCn1nc(C(=O)Nc2ccc3c(c2)OC(F)(F)O3)c2ccccc2c1=O. The van der Waals surface area contributed by atoms with Gasteiger partial charge in [0.1, 0.15) is 0 Å². The van der Waals surface area contributed by atoms with E-state index in [0.29, 0.717) is 23.7 Å². The highest BCUT2D eigenvalue weighted by Gasteiger charge is 2.43. The molecule has 4 rings (SSSR count). The summed E-state index contributed by atoms with van der Waals surface area (Å²) in [5, 5.41) is 7.58. The van der Waals surface area contributed by atoms with E-state index in [1.165, 1.54) is 22.9 Å². The number of hydrogen-bond donors (Lipinski definition) is 1. The van der Waals surface area contributed by atoms with Gasteiger partial charge in [0.2, 0.25) is 0 Å². The molecule has 28 heavy (non-hydrogen) atoms. The van der Waals surface area contributed by atoms with Gasteiger partial charge in [-0.25, -0.2) is 4.68 Å². The van der Waals surface area contributed by atoms with Gasteiger partial charge >= 0.3 is 6.29 Å². The van der Waals surface area contributed by atoms with Crippen molar-refractivity contribution in [3.63, 3.8) is 0 Å². The van der Waals surface area contributed by atoms with E-state index >= 15 is 0 Å². The lowest BCUT2D eigenvalue weighted by Crippen LogP contribution is -2.27. The van der Waals surface area contributed by atoms with Gasteiger partial charge < -0.3 is 14.8 Å². The molecule has 0 aliphatic carbocycles. The number of halogens is 2. The van der Waals surface area contributed by atoms with E-state index in [1.807, 2.05) is 6.92 Å². The maximum absolute atomic E-state index is 13.2. The lowest BCUT2D eigenvalue weighted by atomic mass is 10.1. The first-order chi connectivity index (χ1) is 13.4. The van der Waals surface area contributed by atoms with Crippen molar-refractivity contribution in [1.82, 2.24) is 9.78 Å². The first kappa shape index (κ1) is 17.9. The molecule has 1 amide bonds. The topological polar surface area (TPSA) is 82.5 Å². The number of hydrogen-bond acceptors (Lipinski definition) is 5. The summed E-state index contributed by atoms with van der Waals surface area (Å²) in [5.41, 5.74) is 0.00938. The summed E-state index contributed by atoms with van der Waals surface area (Å²) in [6, 6.07) is 10.6. The van der Waals surface area contributed by atoms with E-state index in [9.17, 15) is 18.4 Å². The molecule has 0 atom stereocenters. The fourth-order valence-electron chi connectivity index (χ4n) is 2.98. The molecule has 3 aromatic rings. The second-order valence-electron chi connectivity index (χ2n) is 6.21. The number of fused-ring (bicyclic) bond motifs is 2. The maximum atomic E-state index is 13.2. The van der Waals surface area contributed by atoms with Crippen LogP contribution in [0.1, 0.15) is 23.8 Å². The lowest BCUT2D eigenvalue weighted by Gasteiger charge is -2.11. The molecular formula is C19H15F2N3O4. The number of aryl methyl sites for hydroxylation is 1. The normalized spacial score (nSPS) is 14.2. The molecule has 1 aliphatic rings. The van der Waals surface area contributed by atoms with Crippen LogP contribution >= 0.6 is 0 Å². The Balaban J connectivity index is 1.70. The van der Waals surface area contributed by atoms with Gasteiger partial charge in [-0.05, 0) is 24.6 Å². The number of benzene rings is 2. The Morgan fingerprint density at radius 1 is 1.14 bits per heavy atom. The van der Waals surface area contributed by atoms with Gasteiger partial charge in [-0.15, -0.1) is 8.78 Å². The Bertz CT molecular complexity index is 1140. The molecule has 7 nitrogen and oxygen atoms in total. The van der Waals surface area contributed by atoms with E-state index in [2.05, 4.69) is 19.9 Å². The van der Waals surface area contributed by atoms with Gasteiger partial charge in [-0.1, -0.05) is 25.1 Å². The van der Waals surface area contributed by atoms with Crippen LogP contribution < -0.4 is 20.3 Å². The summed E-state index contributed by atoms with van der Waals surface area (Å²) in [6.07, 6.45) is -3.07. The molecule has 0 saturated carbocycles. The van der Waals surface area contributed by atoms with Crippen molar-refractivity contribution < 1.29 is 23.0 Å². The molecule has 1 N–H and O–H groups in total. The second kappa shape index (κ2) is 6.59. The molecule has 0 unspecified atom stereocenters. The number of ether oxygens (including phenoxy) is 2. The zero-order chi connectivity index (χ0) is 19.9. The van der Waals surface area contributed by atoms with Gasteiger partial charge in [0.15, 0.2) is 17.2 Å². The average Bonchev–Trinajstić information content (AvgIpc) is 2.97. The average molecular weight is 387 g/mol. The maximum Gasteiger partial charge on any atom is 0.586 e. The number of nitrogens with one attached hydrogen (secondary N) is 1. The largest absolute Gasteiger partial charge is 0.586 e. The Morgan fingerprint density at radius 2 is 1.86 bits per heavy atom. The van der Waals surface area contributed by atoms with Gasteiger partial charge in [0.25, 0.3) is 11.5 Å². The minimum Gasteiger partial charge on any atom is -0.395 e. The van der Waals surface area contributed by atoms with E-state index in [-0.39, 0.29) is 28.4 Å².